The zero-order chi connectivity index (χ0) is 17.2. The summed E-state index contributed by atoms with van der Waals surface area (Å²) in [6, 6.07) is 2.17. The van der Waals surface area contributed by atoms with Crippen molar-refractivity contribution in [2.75, 3.05) is 39.4 Å². The third-order valence-electron chi connectivity index (χ3n) is 5.35. The van der Waals surface area contributed by atoms with E-state index in [1.807, 2.05) is 13.1 Å². The van der Waals surface area contributed by atoms with Crippen LogP contribution < -0.4 is 0 Å². The van der Waals surface area contributed by atoms with E-state index in [2.05, 4.69) is 38.5 Å². The fourth-order valence-corrected chi connectivity index (χ4v) is 3.96. The van der Waals surface area contributed by atoms with Crippen molar-refractivity contribution in [2.24, 2.45) is 5.92 Å². The molecule has 0 aromatic carbocycles. The van der Waals surface area contributed by atoms with E-state index >= 15 is 0 Å². The van der Waals surface area contributed by atoms with Crippen LogP contribution in [0.5, 0.6) is 0 Å². The molecule has 136 valence electrons. The van der Waals surface area contributed by atoms with E-state index in [1.54, 1.807) is 0 Å². The molecule has 0 radical (unpaired) electrons. The van der Waals surface area contributed by atoms with Gasteiger partial charge in [0.2, 0.25) is 0 Å². The monoisotopic (exact) mass is 344 g/mol. The van der Waals surface area contributed by atoms with E-state index in [-0.39, 0.29) is 0 Å². The Labute approximate surface area is 149 Å². The summed E-state index contributed by atoms with van der Waals surface area (Å²) in [6.45, 7) is 12.9. The summed E-state index contributed by atoms with van der Waals surface area (Å²) in [7, 11) is 0. The first-order valence-electron chi connectivity index (χ1n) is 9.26. The highest BCUT2D eigenvalue weighted by Gasteiger charge is 2.25. The number of nitrogens with zero attached hydrogens (tertiary/aromatic N) is 4. The quantitative estimate of drug-likeness (QED) is 0.850. The number of ether oxygens (including phenoxy) is 1. The lowest BCUT2D eigenvalue weighted by molar-refractivity contribution is 0.0263. The van der Waals surface area contributed by atoms with E-state index < -0.39 is 0 Å². The molecule has 0 amide bonds. The standard InChI is InChI=1S/C19H28N4O2/c1-15-9-18(25-16(15)2)13-22-11-17(10-21-5-7-24-8-6-21)12-23-4-3-20-19(23)14-22/h3-4,9,17H,5-8,10-14H2,1-2H3. The fraction of sp³-hybridized carbons (Fsp3) is 0.632. The van der Waals surface area contributed by atoms with E-state index in [0.29, 0.717) is 5.92 Å². The van der Waals surface area contributed by atoms with Crippen LogP contribution in [-0.4, -0.2) is 58.7 Å². The second-order valence-corrected chi connectivity index (χ2v) is 7.40. The number of hydrogen-bond acceptors (Lipinski definition) is 5. The van der Waals surface area contributed by atoms with E-state index in [9.17, 15) is 0 Å². The van der Waals surface area contributed by atoms with Gasteiger partial charge < -0.3 is 13.7 Å². The van der Waals surface area contributed by atoms with Gasteiger partial charge in [-0.15, -0.1) is 0 Å². The molecule has 25 heavy (non-hydrogen) atoms. The predicted molar refractivity (Wildman–Crippen MR) is 95.3 cm³/mol. The van der Waals surface area contributed by atoms with Crippen molar-refractivity contribution in [1.29, 1.82) is 0 Å². The lowest BCUT2D eigenvalue weighted by Crippen LogP contribution is -2.42. The third kappa shape index (κ3) is 3.97. The predicted octanol–water partition coefficient (Wildman–Crippen LogP) is 2.06. The van der Waals surface area contributed by atoms with Gasteiger partial charge >= 0.3 is 0 Å². The third-order valence-corrected chi connectivity index (χ3v) is 5.35. The van der Waals surface area contributed by atoms with Gasteiger partial charge in [-0.05, 0) is 25.5 Å². The Kier molecular flexibility index (Phi) is 4.92. The van der Waals surface area contributed by atoms with Crippen molar-refractivity contribution < 1.29 is 9.15 Å². The number of hydrogen-bond donors (Lipinski definition) is 0. The summed E-state index contributed by atoms with van der Waals surface area (Å²) < 4.78 is 13.7. The zero-order valence-electron chi connectivity index (χ0n) is 15.3. The molecule has 6 nitrogen and oxygen atoms in total. The molecule has 0 N–H and O–H groups in total. The Morgan fingerprint density at radius 1 is 1.16 bits per heavy atom. The largest absolute Gasteiger partial charge is 0.465 e. The second-order valence-electron chi connectivity index (χ2n) is 7.40. The lowest BCUT2D eigenvalue weighted by atomic mass is 10.1. The maximum Gasteiger partial charge on any atom is 0.122 e. The molecule has 2 aliphatic heterocycles. The molecule has 2 aliphatic rings. The molecule has 1 fully saturated rings. The molecule has 2 aromatic rings. The van der Waals surface area contributed by atoms with Crippen LogP contribution in [0.4, 0.5) is 0 Å². The molecule has 1 saturated heterocycles. The zero-order valence-corrected chi connectivity index (χ0v) is 15.3. The van der Waals surface area contributed by atoms with Crippen LogP contribution in [0, 0.1) is 19.8 Å². The van der Waals surface area contributed by atoms with Crippen LogP contribution in [-0.2, 0) is 24.4 Å². The van der Waals surface area contributed by atoms with Crippen LogP contribution in [0.2, 0.25) is 0 Å². The second kappa shape index (κ2) is 7.32. The molecule has 6 heteroatoms. The number of aromatic nitrogens is 2. The minimum Gasteiger partial charge on any atom is -0.465 e. The van der Waals surface area contributed by atoms with Crippen molar-refractivity contribution in [1.82, 2.24) is 19.4 Å². The van der Waals surface area contributed by atoms with Gasteiger partial charge in [0.25, 0.3) is 0 Å². The smallest absolute Gasteiger partial charge is 0.122 e. The summed E-state index contributed by atoms with van der Waals surface area (Å²) in [5.74, 6) is 3.83. The Morgan fingerprint density at radius 2 is 2.00 bits per heavy atom. The highest BCUT2D eigenvalue weighted by molar-refractivity contribution is 5.18. The molecule has 2 aromatic heterocycles. The molecular weight excluding hydrogens is 316 g/mol. The summed E-state index contributed by atoms with van der Waals surface area (Å²) in [5.41, 5.74) is 1.23. The average Bonchev–Trinajstić information content (AvgIpc) is 3.10. The van der Waals surface area contributed by atoms with Gasteiger partial charge in [0.15, 0.2) is 0 Å². The van der Waals surface area contributed by atoms with Gasteiger partial charge in [0.1, 0.15) is 17.3 Å². The van der Waals surface area contributed by atoms with Crippen molar-refractivity contribution in [3.63, 3.8) is 0 Å². The van der Waals surface area contributed by atoms with Gasteiger partial charge in [-0.1, -0.05) is 0 Å². The Morgan fingerprint density at radius 3 is 2.76 bits per heavy atom. The molecular formula is C19H28N4O2. The van der Waals surface area contributed by atoms with Gasteiger partial charge in [-0.25, -0.2) is 4.98 Å². The fourth-order valence-electron chi connectivity index (χ4n) is 3.96. The highest BCUT2D eigenvalue weighted by atomic mass is 16.5. The summed E-state index contributed by atoms with van der Waals surface area (Å²) in [4.78, 5) is 9.59. The summed E-state index contributed by atoms with van der Waals surface area (Å²) in [5, 5.41) is 0. The number of morpholine rings is 1. The molecule has 0 aliphatic carbocycles. The first-order chi connectivity index (χ1) is 12.2. The van der Waals surface area contributed by atoms with Crippen LogP contribution >= 0.6 is 0 Å². The van der Waals surface area contributed by atoms with Crippen molar-refractivity contribution in [3.8, 4) is 0 Å². The first-order valence-corrected chi connectivity index (χ1v) is 9.26. The number of imidazole rings is 1. The molecule has 0 saturated carbocycles. The minimum atomic E-state index is 0.589. The van der Waals surface area contributed by atoms with Crippen LogP contribution in [0.1, 0.15) is 22.9 Å². The molecule has 1 atom stereocenters. The molecule has 4 rings (SSSR count). The summed E-state index contributed by atoms with van der Waals surface area (Å²) >= 11 is 0. The number of furan rings is 1. The summed E-state index contributed by atoms with van der Waals surface area (Å²) in [6.07, 6.45) is 4.04. The van der Waals surface area contributed by atoms with Crippen LogP contribution in [0.3, 0.4) is 0 Å². The van der Waals surface area contributed by atoms with Crippen LogP contribution in [0.15, 0.2) is 22.9 Å². The SMILES string of the molecule is Cc1cc(CN2Cc3nccn3CC(CN3CCOCC3)C2)oc1C. The highest BCUT2D eigenvalue weighted by Crippen LogP contribution is 2.21. The topological polar surface area (TPSA) is 46.7 Å². The minimum absolute atomic E-state index is 0.589. The van der Waals surface area contributed by atoms with Gasteiger partial charge in [0, 0.05) is 51.0 Å². The average molecular weight is 344 g/mol. The Balaban J connectivity index is 1.48. The van der Waals surface area contributed by atoms with Gasteiger partial charge in [-0.3, -0.25) is 9.80 Å². The van der Waals surface area contributed by atoms with Crippen molar-refractivity contribution in [2.45, 2.75) is 33.5 Å². The number of rotatable bonds is 4. The van der Waals surface area contributed by atoms with Gasteiger partial charge in [0.05, 0.1) is 26.3 Å². The molecule has 0 spiro atoms. The molecule has 1 unspecified atom stereocenters. The molecule has 0 bridgehead atoms. The van der Waals surface area contributed by atoms with Crippen LogP contribution in [0.25, 0.3) is 0 Å². The normalized spacial score (nSPS) is 22.7. The maximum absolute atomic E-state index is 5.92. The first kappa shape index (κ1) is 16.8. The Hall–Kier alpha value is -1.63. The number of fused-ring (bicyclic) bond motifs is 1. The number of aryl methyl sites for hydroxylation is 2. The van der Waals surface area contributed by atoms with E-state index in [0.717, 1.165) is 76.4 Å². The lowest BCUT2D eigenvalue weighted by Gasteiger charge is -2.31. The Bertz CT molecular complexity index is 683. The van der Waals surface area contributed by atoms with E-state index in [1.165, 1.54) is 5.56 Å². The maximum atomic E-state index is 5.92. The van der Waals surface area contributed by atoms with Crippen molar-refractivity contribution in [3.05, 3.63) is 41.4 Å². The van der Waals surface area contributed by atoms with Crippen molar-refractivity contribution >= 4 is 0 Å². The van der Waals surface area contributed by atoms with Gasteiger partial charge in [-0.2, -0.15) is 0 Å². The van der Waals surface area contributed by atoms with E-state index in [4.69, 9.17) is 9.15 Å². The molecule has 4 heterocycles.